The van der Waals surface area contributed by atoms with E-state index in [1.54, 1.807) is 0 Å². The lowest BCUT2D eigenvalue weighted by Gasteiger charge is -2.34. The van der Waals surface area contributed by atoms with Gasteiger partial charge in [-0.25, -0.2) is 19.6 Å². The van der Waals surface area contributed by atoms with E-state index in [2.05, 4.69) is 88.3 Å². The molecule has 2 aromatic heterocycles. The van der Waals surface area contributed by atoms with Gasteiger partial charge in [-0.2, -0.15) is 0 Å². The van der Waals surface area contributed by atoms with E-state index in [4.69, 9.17) is 28.9 Å². The first-order chi connectivity index (χ1) is 31.0. The third kappa shape index (κ3) is 8.84. The zero-order chi connectivity index (χ0) is 44.5. The predicted octanol–water partition coefficient (Wildman–Crippen LogP) is 6.87. The molecule has 4 unspecified atom stereocenters. The smallest absolute Gasteiger partial charge is 0.407 e. The molecule has 4 fully saturated rings. The normalized spacial score (nSPS) is 21.5. The number of hydrogen-bond acceptors (Lipinski definition) is 10. The molecule has 0 radical (unpaired) electrons. The topological polar surface area (TPSA) is 193 Å². The highest BCUT2D eigenvalue weighted by Crippen LogP contribution is 2.40. The van der Waals surface area contributed by atoms with Crippen molar-refractivity contribution in [1.82, 2.24) is 40.4 Å². The number of carbonyl (C=O) groups is 4. The number of rotatable bonds is 10. The molecule has 6 heterocycles. The van der Waals surface area contributed by atoms with E-state index in [1.807, 2.05) is 16.0 Å². The van der Waals surface area contributed by atoms with E-state index in [9.17, 15) is 19.2 Å². The molecule has 3 aromatic carbocycles. The molecule has 4 atom stereocenters. The van der Waals surface area contributed by atoms with Gasteiger partial charge in [-0.05, 0) is 90.6 Å². The minimum Gasteiger partial charge on any atom is -0.453 e. The van der Waals surface area contributed by atoms with Crippen LogP contribution in [-0.4, -0.2) is 127 Å². The van der Waals surface area contributed by atoms with E-state index in [0.29, 0.717) is 64.8 Å². The standard InChI is InChI=1S/C47H58N8O8Si/c1-60-46(58)52-39(30-15-20-62-21-16-30)44(56)54-19-5-6-37(54)42-48-25-36(50-42)29-9-7-28(8-10-29)32-11-13-34-33(24-32)12-14-35-41(34)51-43(49-35)38-26-64(3,4)27-55(38)45(57)40(53-47(59)61-2)31-17-22-63-23-18-31/h7-14,24-25,30-31,37-40H,5-6,15-23,26-27H2,1-4H3,(H,48,50)(H,49,51)(H,52,58)(H,53,59). The number of aromatic amines is 2. The zero-order valence-corrected chi connectivity index (χ0v) is 38.0. The molecular weight excluding hydrogens is 833 g/mol. The summed E-state index contributed by atoms with van der Waals surface area (Å²) in [5.41, 5.74) is 5.73. The van der Waals surface area contributed by atoms with Crippen LogP contribution in [-0.2, 0) is 28.5 Å². The van der Waals surface area contributed by atoms with Crippen LogP contribution >= 0.6 is 0 Å². The van der Waals surface area contributed by atoms with Gasteiger partial charge in [0.15, 0.2) is 0 Å². The van der Waals surface area contributed by atoms with Crippen molar-refractivity contribution in [3.8, 4) is 22.4 Å². The highest BCUT2D eigenvalue weighted by Gasteiger charge is 2.47. The fourth-order valence-electron chi connectivity index (χ4n) is 10.3. The number of aromatic nitrogens is 4. The molecule has 0 aliphatic carbocycles. The van der Waals surface area contributed by atoms with Crippen molar-refractivity contribution in [3.63, 3.8) is 0 Å². The van der Waals surface area contributed by atoms with Gasteiger partial charge < -0.3 is 49.3 Å². The second-order valence-corrected chi connectivity index (χ2v) is 23.5. The number of nitrogens with one attached hydrogen (secondary N) is 4. The fraction of sp³-hybridized carbons (Fsp3) is 0.489. The number of hydrogen-bond donors (Lipinski definition) is 4. The number of methoxy groups -OCH3 is 2. The Morgan fingerprint density at radius 3 is 1.98 bits per heavy atom. The summed E-state index contributed by atoms with van der Waals surface area (Å²) in [5, 5.41) is 7.76. The minimum atomic E-state index is -1.82. The summed E-state index contributed by atoms with van der Waals surface area (Å²) in [6, 6.07) is 18.0. The lowest BCUT2D eigenvalue weighted by Crippen LogP contribution is -2.53. The van der Waals surface area contributed by atoms with Gasteiger partial charge in [0, 0.05) is 44.5 Å². The predicted molar refractivity (Wildman–Crippen MR) is 243 cm³/mol. The van der Waals surface area contributed by atoms with Crippen molar-refractivity contribution >= 4 is 53.9 Å². The number of nitrogens with zero attached hydrogens (tertiary/aromatic N) is 4. The number of ether oxygens (including phenoxy) is 4. The summed E-state index contributed by atoms with van der Waals surface area (Å²) >= 11 is 0. The SMILES string of the molecule is COC(=O)NC(C(=O)N1CCCC1c1ncc(-c2ccc(-c3ccc4c(ccc5[nH]c(C6C[Si](C)(C)CN6C(=O)C(NC(=O)OC)C6CCOCC6)nc54)c3)cc2)[nH]1)C1CCOCC1. The van der Waals surface area contributed by atoms with Gasteiger partial charge in [0.2, 0.25) is 11.8 Å². The molecule has 5 aromatic rings. The van der Waals surface area contributed by atoms with E-state index < -0.39 is 32.3 Å². The summed E-state index contributed by atoms with van der Waals surface area (Å²) < 4.78 is 20.9. The molecule has 9 rings (SSSR count). The largest absolute Gasteiger partial charge is 0.453 e. The first-order valence-electron chi connectivity index (χ1n) is 22.5. The van der Waals surface area contributed by atoms with Gasteiger partial charge in [-0.15, -0.1) is 0 Å². The zero-order valence-electron chi connectivity index (χ0n) is 37.0. The van der Waals surface area contributed by atoms with Crippen molar-refractivity contribution < 1.29 is 38.1 Å². The maximum absolute atomic E-state index is 14.4. The monoisotopic (exact) mass is 890 g/mol. The van der Waals surface area contributed by atoms with Crippen LogP contribution in [0.3, 0.4) is 0 Å². The maximum atomic E-state index is 14.4. The Hall–Kier alpha value is -5.78. The van der Waals surface area contributed by atoms with Crippen LogP contribution in [0.1, 0.15) is 62.3 Å². The lowest BCUT2D eigenvalue weighted by atomic mass is 9.90. The van der Waals surface area contributed by atoms with Gasteiger partial charge >= 0.3 is 12.2 Å². The average molecular weight is 891 g/mol. The van der Waals surface area contributed by atoms with Crippen LogP contribution in [0.2, 0.25) is 19.1 Å². The Bertz CT molecular complexity index is 2510. The molecule has 4 aliphatic heterocycles. The third-order valence-corrected chi connectivity index (χ3v) is 16.4. The highest BCUT2D eigenvalue weighted by molar-refractivity contribution is 6.78. The molecule has 4 saturated heterocycles. The van der Waals surface area contributed by atoms with E-state index in [-0.39, 0.29) is 35.7 Å². The van der Waals surface area contributed by atoms with Crippen LogP contribution in [0.25, 0.3) is 44.2 Å². The molecule has 16 nitrogen and oxygen atoms in total. The molecule has 4 amide bonds. The second-order valence-electron chi connectivity index (χ2n) is 18.4. The molecule has 17 heteroatoms. The summed E-state index contributed by atoms with van der Waals surface area (Å²) in [6.07, 6.45) is 5.65. The number of imidazole rings is 2. The van der Waals surface area contributed by atoms with Crippen LogP contribution in [0.15, 0.2) is 60.8 Å². The number of benzene rings is 3. The van der Waals surface area contributed by atoms with E-state index in [0.717, 1.165) is 74.7 Å². The third-order valence-electron chi connectivity index (χ3n) is 13.7. The maximum Gasteiger partial charge on any atom is 0.407 e. The Kier molecular flexibility index (Phi) is 12.5. The van der Waals surface area contributed by atoms with E-state index in [1.165, 1.54) is 14.2 Å². The van der Waals surface area contributed by atoms with Crippen molar-refractivity contribution in [1.29, 1.82) is 0 Å². The minimum absolute atomic E-state index is 0.0319. The molecular formula is C47H58N8O8Si. The quantitative estimate of drug-likeness (QED) is 0.108. The molecule has 0 bridgehead atoms. The number of amides is 4. The lowest BCUT2D eigenvalue weighted by molar-refractivity contribution is -0.137. The Morgan fingerprint density at radius 1 is 0.734 bits per heavy atom. The van der Waals surface area contributed by atoms with Gasteiger partial charge in [0.05, 0.1) is 57.3 Å². The molecule has 338 valence electrons. The Balaban J connectivity index is 0.917. The second kappa shape index (κ2) is 18.4. The van der Waals surface area contributed by atoms with Crippen LogP contribution in [0.5, 0.6) is 0 Å². The highest BCUT2D eigenvalue weighted by atomic mass is 28.3. The fourth-order valence-corrected chi connectivity index (χ4v) is 13.2. The van der Waals surface area contributed by atoms with Crippen LogP contribution in [0.4, 0.5) is 9.59 Å². The van der Waals surface area contributed by atoms with Crippen molar-refractivity contribution in [2.24, 2.45) is 11.8 Å². The number of fused-ring (bicyclic) bond motifs is 3. The molecule has 64 heavy (non-hydrogen) atoms. The number of carbonyl (C=O) groups excluding carboxylic acids is 4. The summed E-state index contributed by atoms with van der Waals surface area (Å²) in [4.78, 5) is 74.0. The molecule has 0 spiro atoms. The number of likely N-dealkylation sites (tertiary alicyclic amines) is 1. The summed E-state index contributed by atoms with van der Waals surface area (Å²) in [5.74, 6) is 1.21. The van der Waals surface area contributed by atoms with Gasteiger partial charge in [0.1, 0.15) is 23.7 Å². The van der Waals surface area contributed by atoms with Crippen LogP contribution in [0, 0.1) is 11.8 Å². The summed E-state index contributed by atoms with van der Waals surface area (Å²) in [6.45, 7) is 7.42. The molecule has 0 saturated carbocycles. The van der Waals surface area contributed by atoms with Gasteiger partial charge in [0.25, 0.3) is 0 Å². The Labute approximate surface area is 373 Å². The first kappa shape index (κ1) is 43.5. The number of H-pyrrole nitrogens is 2. The summed E-state index contributed by atoms with van der Waals surface area (Å²) in [7, 11) is 0.813. The first-order valence-corrected chi connectivity index (χ1v) is 25.9. The van der Waals surface area contributed by atoms with Crippen LogP contribution < -0.4 is 10.6 Å². The van der Waals surface area contributed by atoms with Gasteiger partial charge in [-0.3, -0.25) is 9.59 Å². The van der Waals surface area contributed by atoms with Crippen molar-refractivity contribution in [2.45, 2.75) is 81.8 Å². The number of alkyl carbamates (subject to hydrolysis) is 2. The molecule has 4 N–H and O–H groups in total. The Morgan fingerprint density at radius 2 is 1.34 bits per heavy atom. The van der Waals surface area contributed by atoms with Gasteiger partial charge in [-0.1, -0.05) is 55.6 Å². The molecule has 4 aliphatic rings. The van der Waals surface area contributed by atoms with E-state index >= 15 is 0 Å². The van der Waals surface area contributed by atoms with Crippen molar-refractivity contribution in [3.05, 3.63) is 72.4 Å². The van der Waals surface area contributed by atoms with Crippen molar-refractivity contribution in [2.75, 3.05) is 53.4 Å². The average Bonchev–Trinajstić information content (AvgIpc) is 4.16.